The number of rotatable bonds is 6. The van der Waals surface area contributed by atoms with Crippen LogP contribution in [-0.4, -0.2) is 108 Å². The second-order valence-corrected chi connectivity index (χ2v) is 13.5. The first-order valence-corrected chi connectivity index (χ1v) is 16.0. The van der Waals surface area contributed by atoms with Crippen LogP contribution in [0.4, 0.5) is 4.79 Å². The Morgan fingerprint density at radius 1 is 1.02 bits per heavy atom. The Morgan fingerprint density at radius 3 is 2.23 bits per heavy atom. The number of Topliss-reactive ketones (excluding diaryl/α,β-unsaturated/α-hetero) is 2. The van der Waals surface area contributed by atoms with Gasteiger partial charge in [0, 0.05) is 30.9 Å². The molecular formula is C32H54N2O10. The molecule has 0 spiro atoms. The van der Waals surface area contributed by atoms with E-state index in [2.05, 4.69) is 5.32 Å². The van der Waals surface area contributed by atoms with Crippen LogP contribution >= 0.6 is 0 Å². The lowest BCUT2D eigenvalue weighted by Gasteiger charge is -2.47. The van der Waals surface area contributed by atoms with Gasteiger partial charge in [-0.1, -0.05) is 34.6 Å². The summed E-state index contributed by atoms with van der Waals surface area (Å²) < 4.78 is 30.2. The van der Waals surface area contributed by atoms with E-state index in [-0.39, 0.29) is 30.8 Å². The Labute approximate surface area is 261 Å². The Morgan fingerprint density at radius 2 is 1.66 bits per heavy atom. The highest BCUT2D eigenvalue weighted by molar-refractivity contribution is 6.00. The molecule has 1 amide bonds. The van der Waals surface area contributed by atoms with E-state index in [0.717, 1.165) is 0 Å². The van der Waals surface area contributed by atoms with Gasteiger partial charge in [0.1, 0.15) is 23.9 Å². The van der Waals surface area contributed by atoms with Crippen molar-refractivity contribution in [3.8, 4) is 0 Å². The largest absolute Gasteiger partial charge is 0.458 e. The number of aliphatic hydroxyl groups is 1. The van der Waals surface area contributed by atoms with E-state index in [1.807, 2.05) is 25.8 Å². The predicted octanol–water partition coefficient (Wildman–Crippen LogP) is 2.87. The highest BCUT2D eigenvalue weighted by atomic mass is 16.7. The van der Waals surface area contributed by atoms with Gasteiger partial charge in [-0.25, -0.2) is 4.79 Å². The summed E-state index contributed by atoms with van der Waals surface area (Å²) in [6, 6.07) is -1.03. The topological polar surface area (TPSA) is 150 Å². The molecular weight excluding hydrogens is 572 g/mol. The number of nitrogens with one attached hydrogen (secondary N) is 1. The zero-order chi connectivity index (χ0) is 33.3. The molecule has 0 aromatic carbocycles. The van der Waals surface area contributed by atoms with Crippen LogP contribution < -0.4 is 5.32 Å². The number of alkyl carbamates (subject to hydrolysis) is 1. The molecule has 3 fully saturated rings. The van der Waals surface area contributed by atoms with Gasteiger partial charge in [-0.05, 0) is 60.5 Å². The summed E-state index contributed by atoms with van der Waals surface area (Å²) in [5.74, 6) is -4.79. The molecule has 2 unspecified atom stereocenters. The lowest BCUT2D eigenvalue weighted by Crippen LogP contribution is -2.60. The van der Waals surface area contributed by atoms with E-state index in [9.17, 15) is 24.3 Å². The Hall–Kier alpha value is -2.12. The van der Waals surface area contributed by atoms with Crippen LogP contribution in [0.1, 0.15) is 81.6 Å². The highest BCUT2D eigenvalue weighted by Crippen LogP contribution is 2.40. The number of likely N-dealkylation sites (N-methyl/N-ethyl adjacent to an activating group) is 1. The fourth-order valence-electron chi connectivity index (χ4n) is 7.34. The van der Waals surface area contributed by atoms with E-state index >= 15 is 0 Å². The van der Waals surface area contributed by atoms with E-state index in [0.29, 0.717) is 13.0 Å². The van der Waals surface area contributed by atoms with Crippen LogP contribution in [0, 0.1) is 23.7 Å². The van der Waals surface area contributed by atoms with Gasteiger partial charge < -0.3 is 39.0 Å². The number of amides is 1. The van der Waals surface area contributed by atoms with Crippen LogP contribution in [0.15, 0.2) is 0 Å². The number of carbonyl (C=O) groups excluding carboxylic acids is 4. The average Bonchev–Trinajstić information content (AvgIpc) is 3.30. The first-order chi connectivity index (χ1) is 20.4. The fourth-order valence-corrected chi connectivity index (χ4v) is 7.34. The fraction of sp³-hybridized carbons (Fsp3) is 0.875. The molecule has 0 saturated carbocycles. The van der Waals surface area contributed by atoms with Gasteiger partial charge in [0.05, 0.1) is 23.9 Å². The number of ether oxygens (including phenoxy) is 5. The lowest BCUT2D eigenvalue weighted by atomic mass is 9.73. The minimum absolute atomic E-state index is 0.153. The first kappa shape index (κ1) is 36.3. The number of hydrogen-bond donors (Lipinski definition) is 2. The summed E-state index contributed by atoms with van der Waals surface area (Å²) in [5.41, 5.74) is -2.56. The molecule has 3 rings (SSSR count). The van der Waals surface area contributed by atoms with Crippen molar-refractivity contribution >= 4 is 23.6 Å². The maximum atomic E-state index is 14.0. The van der Waals surface area contributed by atoms with E-state index in [4.69, 9.17) is 23.7 Å². The zero-order valence-corrected chi connectivity index (χ0v) is 28.2. The maximum absolute atomic E-state index is 14.0. The number of cyclic esters (lactones) is 1. The minimum Gasteiger partial charge on any atom is -0.458 e. The third kappa shape index (κ3) is 6.99. The molecule has 2 N–H and O–H groups in total. The normalized spacial score (nSPS) is 44.4. The second-order valence-electron chi connectivity index (χ2n) is 13.5. The zero-order valence-electron chi connectivity index (χ0n) is 28.2. The van der Waals surface area contributed by atoms with Crippen molar-refractivity contribution < 1.29 is 48.0 Å². The van der Waals surface area contributed by atoms with Crippen molar-refractivity contribution in [1.29, 1.82) is 0 Å². The van der Waals surface area contributed by atoms with Gasteiger partial charge in [-0.2, -0.15) is 0 Å². The van der Waals surface area contributed by atoms with Crippen molar-refractivity contribution in [1.82, 2.24) is 10.2 Å². The lowest BCUT2D eigenvalue weighted by molar-refractivity contribution is -0.296. The molecule has 0 bridgehead atoms. The van der Waals surface area contributed by atoms with Crippen molar-refractivity contribution in [2.75, 3.05) is 20.7 Å². The second kappa shape index (κ2) is 14.1. The summed E-state index contributed by atoms with van der Waals surface area (Å²) >= 11 is 0. The molecule has 252 valence electrons. The van der Waals surface area contributed by atoms with Crippen molar-refractivity contribution in [3.05, 3.63) is 0 Å². The van der Waals surface area contributed by atoms with E-state index < -0.39 is 83.4 Å². The number of methoxy groups -OCH3 is 1. The number of carbonyl (C=O) groups is 4. The molecule has 12 nitrogen and oxygen atoms in total. The summed E-state index contributed by atoms with van der Waals surface area (Å²) in [5, 5.41) is 14.1. The van der Waals surface area contributed by atoms with Crippen molar-refractivity contribution in [2.24, 2.45) is 23.7 Å². The van der Waals surface area contributed by atoms with Crippen molar-refractivity contribution in [2.45, 2.75) is 136 Å². The number of esters is 1. The number of aliphatic hydroxyl groups excluding tert-OH is 1. The van der Waals surface area contributed by atoms with Crippen molar-refractivity contribution in [3.63, 3.8) is 0 Å². The van der Waals surface area contributed by atoms with Gasteiger partial charge in [-0.3, -0.25) is 14.4 Å². The maximum Gasteiger partial charge on any atom is 0.408 e. The average molecular weight is 627 g/mol. The van der Waals surface area contributed by atoms with E-state index in [1.54, 1.807) is 41.5 Å². The van der Waals surface area contributed by atoms with Gasteiger partial charge in [0.2, 0.25) is 0 Å². The van der Waals surface area contributed by atoms with Crippen LogP contribution in [0.25, 0.3) is 0 Å². The first-order valence-electron chi connectivity index (χ1n) is 16.0. The number of nitrogens with zero attached hydrogens (tertiary/aromatic N) is 1. The Kier molecular flexibility index (Phi) is 11.7. The molecule has 3 heterocycles. The van der Waals surface area contributed by atoms with Gasteiger partial charge in [-0.15, -0.1) is 0 Å². The third-order valence-corrected chi connectivity index (χ3v) is 10.3. The Bertz CT molecular complexity index is 1070. The summed E-state index contributed by atoms with van der Waals surface area (Å²) in [4.78, 5) is 56.0. The Balaban J connectivity index is 2.08. The molecule has 3 aliphatic rings. The molecule has 0 aromatic heterocycles. The minimum atomic E-state index is -1.33. The predicted molar refractivity (Wildman–Crippen MR) is 161 cm³/mol. The number of fused-ring (bicyclic) bond motifs is 1. The van der Waals surface area contributed by atoms with Crippen LogP contribution in [-0.2, 0) is 38.1 Å². The summed E-state index contributed by atoms with van der Waals surface area (Å²) in [7, 11) is 3.40. The number of ketones is 2. The molecule has 12 heteroatoms. The molecule has 0 radical (unpaired) electrons. The molecule has 3 aliphatic heterocycles. The number of hydrogen-bond acceptors (Lipinski definition) is 11. The molecule has 44 heavy (non-hydrogen) atoms. The van der Waals surface area contributed by atoms with Crippen LogP contribution in [0.3, 0.4) is 0 Å². The molecule has 3 saturated heterocycles. The van der Waals surface area contributed by atoms with E-state index in [1.165, 1.54) is 14.0 Å². The van der Waals surface area contributed by atoms with Crippen LogP contribution in [0.5, 0.6) is 0 Å². The SMILES string of the molecule is CC[C@H]1OC(=O)[C@H](C)C(=O)C(C)[C@@H](O[C@@H]2O[C@H](C)C[C@H](N(C)CC)[C@H]2O)[C@](C)(OC)C[C@@H](C)C(=O)[C@H](C)C2NC(=O)O[C@@]21C. The standard InChI is InChI=1S/C32H54N2O10/c1-12-22-32(9)26(33-30(39)44-32)18(5)23(35)16(3)15-31(8,40-11)27(19(6)24(36)20(7)28(38)42-22)43-29-25(37)21(34(10)13-2)14-17(4)41-29/h16-22,25-27,29,37H,12-15H2,1-11H3,(H,33,39)/t16-,17-,18+,19?,20-,21+,22-,25-,26?,27-,29+,31-,32-/m1/s1. The molecule has 13 atom stereocenters. The smallest absolute Gasteiger partial charge is 0.408 e. The molecule has 0 aromatic rings. The monoisotopic (exact) mass is 626 g/mol. The highest BCUT2D eigenvalue weighted by Gasteiger charge is 2.57. The summed E-state index contributed by atoms with van der Waals surface area (Å²) in [6.45, 7) is 16.4. The third-order valence-electron chi connectivity index (χ3n) is 10.3. The van der Waals surface area contributed by atoms with Gasteiger partial charge in [0.25, 0.3) is 0 Å². The quantitative estimate of drug-likeness (QED) is 0.331. The molecule has 0 aliphatic carbocycles. The van der Waals surface area contributed by atoms with Gasteiger partial charge in [0.15, 0.2) is 17.7 Å². The van der Waals surface area contributed by atoms with Crippen LogP contribution in [0.2, 0.25) is 0 Å². The van der Waals surface area contributed by atoms with Gasteiger partial charge >= 0.3 is 12.1 Å². The summed E-state index contributed by atoms with van der Waals surface area (Å²) in [6.07, 6.45) is -3.94.